The van der Waals surface area contributed by atoms with Crippen molar-refractivity contribution in [2.75, 3.05) is 26.0 Å². The second kappa shape index (κ2) is 10.7. The molecule has 0 fully saturated rings. The van der Waals surface area contributed by atoms with Crippen molar-refractivity contribution in [3.63, 3.8) is 0 Å². The summed E-state index contributed by atoms with van der Waals surface area (Å²) < 4.78 is 10.2. The fourth-order valence-electron chi connectivity index (χ4n) is 2.50. The first-order valence-electron chi connectivity index (χ1n) is 9.05. The summed E-state index contributed by atoms with van der Waals surface area (Å²) >= 11 is 0. The normalized spacial score (nSPS) is 11.1. The molecule has 0 saturated carbocycles. The quantitative estimate of drug-likeness (QED) is 0.711. The molecular formula is C21H25N3O5. The Kier molecular flexibility index (Phi) is 8.02. The average Bonchev–Trinajstić information content (AvgIpc) is 2.72. The van der Waals surface area contributed by atoms with E-state index in [1.54, 1.807) is 31.4 Å². The molecule has 2 aromatic carbocycles. The van der Waals surface area contributed by atoms with Gasteiger partial charge in [0.15, 0.2) is 0 Å². The molecule has 0 radical (unpaired) electrons. The molecule has 29 heavy (non-hydrogen) atoms. The number of ether oxygens (including phenoxy) is 2. The molecule has 8 heteroatoms. The first-order valence-corrected chi connectivity index (χ1v) is 9.05. The number of methoxy groups -OCH3 is 1. The maximum absolute atomic E-state index is 12.4. The molecule has 1 atom stereocenters. The fourth-order valence-corrected chi connectivity index (χ4v) is 2.50. The van der Waals surface area contributed by atoms with Crippen LogP contribution in [0.5, 0.6) is 5.75 Å². The number of benzene rings is 2. The molecule has 0 aliphatic carbocycles. The van der Waals surface area contributed by atoms with Gasteiger partial charge in [-0.05, 0) is 36.8 Å². The molecule has 154 valence electrons. The van der Waals surface area contributed by atoms with E-state index in [0.29, 0.717) is 11.4 Å². The van der Waals surface area contributed by atoms with Crippen LogP contribution in [0.4, 0.5) is 10.5 Å². The SMILES string of the molecule is COc1ccc(NC(=O)CN(C)C(=O)[C@H](C)NC(=O)OCc2ccccc2)cc1. The molecule has 0 spiro atoms. The molecule has 0 unspecified atom stereocenters. The van der Waals surface area contributed by atoms with E-state index in [1.807, 2.05) is 30.3 Å². The lowest BCUT2D eigenvalue weighted by molar-refractivity contribution is -0.134. The zero-order chi connectivity index (χ0) is 21.2. The summed E-state index contributed by atoms with van der Waals surface area (Å²) in [5.74, 6) is -0.0919. The van der Waals surface area contributed by atoms with Gasteiger partial charge >= 0.3 is 6.09 Å². The van der Waals surface area contributed by atoms with E-state index in [2.05, 4.69) is 10.6 Å². The van der Waals surface area contributed by atoms with Crippen molar-refractivity contribution in [1.82, 2.24) is 10.2 Å². The zero-order valence-corrected chi connectivity index (χ0v) is 16.7. The molecule has 2 aromatic rings. The van der Waals surface area contributed by atoms with Crippen LogP contribution in [0.3, 0.4) is 0 Å². The summed E-state index contributed by atoms with van der Waals surface area (Å²) in [6.45, 7) is 1.48. The standard InChI is InChI=1S/C21H25N3O5/c1-15(22-21(27)29-14-16-7-5-4-6-8-16)20(26)24(2)13-19(25)23-17-9-11-18(28-3)12-10-17/h4-12,15H,13-14H2,1-3H3,(H,22,27)(H,23,25)/t15-/m0/s1. The Morgan fingerprint density at radius 3 is 2.31 bits per heavy atom. The van der Waals surface area contributed by atoms with Gasteiger partial charge in [0.05, 0.1) is 13.7 Å². The molecule has 0 saturated heterocycles. The number of alkyl carbamates (subject to hydrolysis) is 1. The van der Waals surface area contributed by atoms with Crippen molar-refractivity contribution >= 4 is 23.6 Å². The Hall–Kier alpha value is -3.55. The predicted octanol–water partition coefficient (Wildman–Crippen LogP) is 2.41. The van der Waals surface area contributed by atoms with Crippen molar-refractivity contribution in [1.29, 1.82) is 0 Å². The van der Waals surface area contributed by atoms with Crippen molar-refractivity contribution in [2.45, 2.75) is 19.6 Å². The number of hydrogen-bond acceptors (Lipinski definition) is 5. The third kappa shape index (κ3) is 7.17. The Morgan fingerprint density at radius 1 is 1.03 bits per heavy atom. The van der Waals surface area contributed by atoms with E-state index in [9.17, 15) is 14.4 Å². The van der Waals surface area contributed by atoms with Crippen LogP contribution in [0.25, 0.3) is 0 Å². The molecule has 0 heterocycles. The molecule has 2 N–H and O–H groups in total. The molecule has 0 aliphatic rings. The van der Waals surface area contributed by atoms with Crippen LogP contribution in [-0.4, -0.2) is 49.6 Å². The Morgan fingerprint density at radius 2 is 1.69 bits per heavy atom. The summed E-state index contributed by atoms with van der Waals surface area (Å²) in [6, 6.07) is 15.2. The molecule has 0 bridgehead atoms. The number of nitrogens with one attached hydrogen (secondary N) is 2. The number of likely N-dealkylation sites (N-methyl/N-ethyl adjacent to an activating group) is 1. The van der Waals surface area contributed by atoms with Gasteiger partial charge in [0.2, 0.25) is 11.8 Å². The number of anilines is 1. The van der Waals surface area contributed by atoms with Gasteiger partial charge in [0.1, 0.15) is 18.4 Å². The lowest BCUT2D eigenvalue weighted by atomic mass is 10.2. The number of carbonyl (C=O) groups is 3. The summed E-state index contributed by atoms with van der Waals surface area (Å²) in [4.78, 5) is 37.6. The Labute approximate surface area is 169 Å². The number of nitrogens with zero attached hydrogens (tertiary/aromatic N) is 1. The first kappa shape index (κ1) is 21.7. The largest absolute Gasteiger partial charge is 0.497 e. The van der Waals surface area contributed by atoms with Gasteiger partial charge in [-0.2, -0.15) is 0 Å². The van der Waals surface area contributed by atoms with E-state index in [0.717, 1.165) is 5.56 Å². The van der Waals surface area contributed by atoms with Gasteiger partial charge in [-0.15, -0.1) is 0 Å². The zero-order valence-electron chi connectivity index (χ0n) is 16.7. The average molecular weight is 399 g/mol. The van der Waals surface area contributed by atoms with Gasteiger partial charge < -0.3 is 25.0 Å². The van der Waals surface area contributed by atoms with Crippen LogP contribution in [0.1, 0.15) is 12.5 Å². The first-order chi connectivity index (χ1) is 13.9. The van der Waals surface area contributed by atoms with Gasteiger partial charge in [-0.3, -0.25) is 9.59 Å². The lowest BCUT2D eigenvalue weighted by Crippen LogP contribution is -2.47. The number of hydrogen-bond donors (Lipinski definition) is 2. The van der Waals surface area contributed by atoms with Gasteiger partial charge in [-0.1, -0.05) is 30.3 Å². The van der Waals surface area contributed by atoms with Crippen molar-refractivity contribution < 1.29 is 23.9 Å². The van der Waals surface area contributed by atoms with Gasteiger partial charge in [0, 0.05) is 12.7 Å². The minimum atomic E-state index is -0.836. The van der Waals surface area contributed by atoms with Gasteiger partial charge in [-0.25, -0.2) is 4.79 Å². The molecule has 0 aliphatic heterocycles. The lowest BCUT2D eigenvalue weighted by Gasteiger charge is -2.21. The van der Waals surface area contributed by atoms with Gasteiger partial charge in [0.25, 0.3) is 0 Å². The third-order valence-corrected chi connectivity index (χ3v) is 4.05. The molecular weight excluding hydrogens is 374 g/mol. The minimum absolute atomic E-state index is 0.105. The van der Waals surface area contributed by atoms with Crippen LogP contribution >= 0.6 is 0 Å². The number of rotatable bonds is 8. The van der Waals surface area contributed by atoms with Crippen molar-refractivity contribution in [2.24, 2.45) is 0 Å². The van der Waals surface area contributed by atoms with E-state index < -0.39 is 18.0 Å². The van der Waals surface area contributed by atoms with Crippen LogP contribution in [0.15, 0.2) is 54.6 Å². The van der Waals surface area contributed by atoms with Crippen molar-refractivity contribution in [3.05, 3.63) is 60.2 Å². The Balaban J connectivity index is 1.76. The summed E-state index contributed by atoms with van der Waals surface area (Å²) in [6.07, 6.45) is -0.703. The highest BCUT2D eigenvalue weighted by Gasteiger charge is 2.21. The minimum Gasteiger partial charge on any atom is -0.497 e. The highest BCUT2D eigenvalue weighted by Crippen LogP contribution is 2.14. The van der Waals surface area contributed by atoms with Crippen molar-refractivity contribution in [3.8, 4) is 5.75 Å². The highest BCUT2D eigenvalue weighted by molar-refractivity contribution is 5.95. The number of amides is 3. The molecule has 3 amide bonds. The Bertz CT molecular complexity index is 824. The summed E-state index contributed by atoms with van der Waals surface area (Å²) in [5, 5.41) is 5.17. The van der Waals surface area contributed by atoms with Crippen LogP contribution < -0.4 is 15.4 Å². The van der Waals surface area contributed by atoms with E-state index >= 15 is 0 Å². The molecule has 8 nitrogen and oxygen atoms in total. The molecule has 0 aromatic heterocycles. The maximum Gasteiger partial charge on any atom is 0.408 e. The topological polar surface area (TPSA) is 97.0 Å². The van der Waals surface area contributed by atoms with Crippen LogP contribution in [0.2, 0.25) is 0 Å². The third-order valence-electron chi connectivity index (χ3n) is 4.05. The maximum atomic E-state index is 12.4. The fraction of sp³-hybridized carbons (Fsp3) is 0.286. The summed E-state index contributed by atoms with van der Waals surface area (Å²) in [5.41, 5.74) is 1.43. The van der Waals surface area contributed by atoms with E-state index in [4.69, 9.17) is 9.47 Å². The molecule has 2 rings (SSSR count). The smallest absolute Gasteiger partial charge is 0.408 e. The second-order valence-corrected chi connectivity index (χ2v) is 6.40. The van der Waals surface area contributed by atoms with Crippen LogP contribution in [-0.2, 0) is 20.9 Å². The monoisotopic (exact) mass is 399 g/mol. The number of carbonyl (C=O) groups excluding carboxylic acids is 3. The second-order valence-electron chi connectivity index (χ2n) is 6.40. The summed E-state index contributed by atoms with van der Waals surface area (Å²) in [7, 11) is 3.05. The highest BCUT2D eigenvalue weighted by atomic mass is 16.5. The predicted molar refractivity (Wildman–Crippen MR) is 108 cm³/mol. The van der Waals surface area contributed by atoms with E-state index in [1.165, 1.54) is 18.9 Å². The van der Waals surface area contributed by atoms with E-state index in [-0.39, 0.29) is 19.1 Å². The van der Waals surface area contributed by atoms with Crippen LogP contribution in [0, 0.1) is 0 Å².